The van der Waals surface area contributed by atoms with Gasteiger partial charge in [-0.05, 0) is 37.1 Å². The molecule has 2 nitrogen and oxygen atoms in total. The van der Waals surface area contributed by atoms with E-state index in [0.717, 1.165) is 19.4 Å². The fourth-order valence-electron chi connectivity index (χ4n) is 2.42. The largest absolute Gasteiger partial charge is 0.378 e. The van der Waals surface area contributed by atoms with Crippen molar-refractivity contribution >= 4 is 11.3 Å². The first-order chi connectivity index (χ1) is 8.16. The normalized spacial score (nSPS) is 27.3. The number of thiophene rings is 1. The summed E-state index contributed by atoms with van der Waals surface area (Å²) in [5.41, 5.74) is 0. The van der Waals surface area contributed by atoms with E-state index in [1.165, 1.54) is 4.88 Å². The Kier molecular flexibility index (Phi) is 4.60. The number of hydrogen-bond acceptors (Lipinski definition) is 3. The van der Waals surface area contributed by atoms with E-state index in [1.54, 1.807) is 0 Å². The predicted molar refractivity (Wildman–Crippen MR) is 73.5 cm³/mol. The Morgan fingerprint density at radius 3 is 2.88 bits per heavy atom. The monoisotopic (exact) mass is 253 g/mol. The van der Waals surface area contributed by atoms with Crippen LogP contribution in [0.2, 0.25) is 0 Å². The lowest BCUT2D eigenvalue weighted by Gasteiger charge is -2.34. The molecule has 3 heteroatoms. The molecule has 1 fully saturated rings. The number of nitrogens with one attached hydrogen (secondary N) is 1. The van der Waals surface area contributed by atoms with Gasteiger partial charge in [-0.2, -0.15) is 0 Å². The zero-order chi connectivity index (χ0) is 12.3. The third-order valence-electron chi connectivity index (χ3n) is 3.51. The van der Waals surface area contributed by atoms with E-state index in [2.05, 4.69) is 43.6 Å². The van der Waals surface area contributed by atoms with Gasteiger partial charge >= 0.3 is 0 Å². The molecular weight excluding hydrogens is 230 g/mol. The lowest BCUT2D eigenvalue weighted by molar-refractivity contribution is -0.0256. The summed E-state index contributed by atoms with van der Waals surface area (Å²) < 4.78 is 5.80. The highest BCUT2D eigenvalue weighted by atomic mass is 32.1. The molecule has 0 radical (unpaired) electrons. The van der Waals surface area contributed by atoms with Crippen LogP contribution in [0.5, 0.6) is 0 Å². The number of ether oxygens (including phenoxy) is 1. The molecule has 1 aromatic heterocycles. The van der Waals surface area contributed by atoms with Gasteiger partial charge in [-0.25, -0.2) is 0 Å². The summed E-state index contributed by atoms with van der Waals surface area (Å²) in [4.78, 5) is 1.43. The third kappa shape index (κ3) is 3.54. The molecule has 17 heavy (non-hydrogen) atoms. The van der Waals surface area contributed by atoms with Gasteiger partial charge in [0.25, 0.3) is 0 Å². The smallest absolute Gasteiger partial charge is 0.0612 e. The maximum atomic E-state index is 5.80. The highest BCUT2D eigenvalue weighted by molar-refractivity contribution is 7.10. The molecule has 0 saturated carbocycles. The second-order valence-electron chi connectivity index (χ2n) is 5.28. The van der Waals surface area contributed by atoms with Crippen molar-refractivity contribution in [2.45, 2.75) is 51.8 Å². The zero-order valence-electron chi connectivity index (χ0n) is 11.0. The summed E-state index contributed by atoms with van der Waals surface area (Å²) in [5.74, 6) is 0.622. The first-order valence-corrected chi connectivity index (χ1v) is 7.46. The van der Waals surface area contributed by atoms with Crippen molar-refractivity contribution < 1.29 is 4.74 Å². The van der Waals surface area contributed by atoms with Crippen molar-refractivity contribution in [3.8, 4) is 0 Å². The fraction of sp³-hybridized carbons (Fsp3) is 0.714. The molecule has 1 N–H and O–H groups in total. The zero-order valence-corrected chi connectivity index (χ0v) is 11.8. The van der Waals surface area contributed by atoms with Crippen molar-refractivity contribution in [2.24, 2.45) is 5.92 Å². The summed E-state index contributed by atoms with van der Waals surface area (Å²) in [6, 6.07) is 5.40. The molecule has 1 aromatic rings. The van der Waals surface area contributed by atoms with Crippen LogP contribution in [0.3, 0.4) is 0 Å². The molecule has 0 aromatic carbocycles. The van der Waals surface area contributed by atoms with Gasteiger partial charge in [-0.15, -0.1) is 11.3 Å². The average molecular weight is 253 g/mol. The maximum absolute atomic E-state index is 5.80. The van der Waals surface area contributed by atoms with Crippen molar-refractivity contribution in [2.75, 3.05) is 6.61 Å². The van der Waals surface area contributed by atoms with Gasteiger partial charge in [-0.3, -0.25) is 0 Å². The maximum Gasteiger partial charge on any atom is 0.0612 e. The van der Waals surface area contributed by atoms with E-state index in [4.69, 9.17) is 4.74 Å². The van der Waals surface area contributed by atoms with Gasteiger partial charge in [-0.1, -0.05) is 19.9 Å². The standard InChI is InChI=1S/C14H23NOS/c1-10(2)13-9-12(6-7-16-13)15-11(3)14-5-4-8-17-14/h4-5,8,10-13,15H,6-7,9H2,1-3H3. The Hall–Kier alpha value is -0.380. The van der Waals surface area contributed by atoms with Gasteiger partial charge in [0.05, 0.1) is 6.10 Å². The minimum atomic E-state index is 0.428. The minimum absolute atomic E-state index is 0.428. The molecule has 0 bridgehead atoms. The molecule has 0 amide bonds. The van der Waals surface area contributed by atoms with E-state index in [-0.39, 0.29) is 0 Å². The Balaban J connectivity index is 1.86. The molecule has 1 aliphatic heterocycles. The van der Waals surface area contributed by atoms with E-state index >= 15 is 0 Å². The average Bonchev–Trinajstić information content (AvgIpc) is 2.82. The van der Waals surface area contributed by atoms with Crippen molar-refractivity contribution in [3.05, 3.63) is 22.4 Å². The van der Waals surface area contributed by atoms with Crippen molar-refractivity contribution in [1.29, 1.82) is 0 Å². The summed E-state index contributed by atoms with van der Waals surface area (Å²) in [7, 11) is 0. The van der Waals surface area contributed by atoms with Crippen molar-refractivity contribution in [1.82, 2.24) is 5.32 Å². The van der Waals surface area contributed by atoms with Crippen LogP contribution in [0, 0.1) is 5.92 Å². The Morgan fingerprint density at radius 2 is 2.24 bits per heavy atom. The number of hydrogen-bond donors (Lipinski definition) is 1. The molecule has 1 aliphatic rings. The second-order valence-corrected chi connectivity index (χ2v) is 6.26. The van der Waals surface area contributed by atoms with Crippen LogP contribution in [-0.2, 0) is 4.74 Å². The Morgan fingerprint density at radius 1 is 1.41 bits per heavy atom. The third-order valence-corrected chi connectivity index (χ3v) is 4.57. The van der Waals surface area contributed by atoms with Crippen LogP contribution in [0.1, 0.15) is 44.5 Å². The van der Waals surface area contributed by atoms with Crippen LogP contribution < -0.4 is 5.32 Å². The quantitative estimate of drug-likeness (QED) is 0.885. The Labute approximate surface area is 108 Å². The molecular formula is C14H23NOS. The van der Waals surface area contributed by atoms with E-state index in [0.29, 0.717) is 24.1 Å². The highest BCUT2D eigenvalue weighted by Gasteiger charge is 2.25. The molecule has 0 spiro atoms. The van der Waals surface area contributed by atoms with E-state index in [9.17, 15) is 0 Å². The molecule has 2 rings (SSSR count). The van der Waals surface area contributed by atoms with Crippen LogP contribution in [-0.4, -0.2) is 18.8 Å². The molecule has 1 saturated heterocycles. The lowest BCUT2D eigenvalue weighted by atomic mass is 9.95. The first-order valence-electron chi connectivity index (χ1n) is 6.58. The summed E-state index contributed by atoms with van der Waals surface area (Å²) in [5, 5.41) is 5.88. The summed E-state index contributed by atoms with van der Waals surface area (Å²) in [6.07, 6.45) is 2.71. The van der Waals surface area contributed by atoms with E-state index in [1.807, 2.05) is 11.3 Å². The Bertz CT molecular complexity index is 323. The van der Waals surface area contributed by atoms with Crippen LogP contribution in [0.4, 0.5) is 0 Å². The molecule has 3 atom stereocenters. The van der Waals surface area contributed by atoms with Gasteiger partial charge in [0, 0.05) is 23.6 Å². The van der Waals surface area contributed by atoms with Gasteiger partial charge in [0.1, 0.15) is 0 Å². The predicted octanol–water partition coefficient (Wildman–Crippen LogP) is 3.60. The molecule has 96 valence electrons. The van der Waals surface area contributed by atoms with Crippen LogP contribution >= 0.6 is 11.3 Å². The SMILES string of the molecule is CC(NC1CCOC(C(C)C)C1)c1cccs1. The fourth-order valence-corrected chi connectivity index (χ4v) is 3.16. The van der Waals surface area contributed by atoms with Crippen LogP contribution in [0.25, 0.3) is 0 Å². The first kappa shape index (κ1) is 13.1. The minimum Gasteiger partial charge on any atom is -0.378 e. The summed E-state index contributed by atoms with van der Waals surface area (Å²) >= 11 is 1.83. The second kappa shape index (κ2) is 5.98. The molecule has 2 heterocycles. The van der Waals surface area contributed by atoms with Gasteiger partial charge < -0.3 is 10.1 Å². The topological polar surface area (TPSA) is 21.3 Å². The van der Waals surface area contributed by atoms with Crippen LogP contribution in [0.15, 0.2) is 17.5 Å². The highest BCUT2D eigenvalue weighted by Crippen LogP contribution is 2.24. The molecule has 3 unspecified atom stereocenters. The summed E-state index contributed by atoms with van der Waals surface area (Å²) in [6.45, 7) is 7.65. The van der Waals surface area contributed by atoms with E-state index < -0.39 is 0 Å². The van der Waals surface area contributed by atoms with Gasteiger partial charge in [0.15, 0.2) is 0 Å². The van der Waals surface area contributed by atoms with Crippen molar-refractivity contribution in [3.63, 3.8) is 0 Å². The molecule has 0 aliphatic carbocycles. The van der Waals surface area contributed by atoms with Gasteiger partial charge in [0.2, 0.25) is 0 Å². The number of rotatable bonds is 4. The lowest BCUT2D eigenvalue weighted by Crippen LogP contribution is -2.41.